The van der Waals surface area contributed by atoms with Gasteiger partial charge in [0.2, 0.25) is 0 Å². The molecule has 0 atom stereocenters. The van der Waals surface area contributed by atoms with Gasteiger partial charge in [0.1, 0.15) is 5.57 Å². The first-order valence-corrected chi connectivity index (χ1v) is 12.5. The molecule has 5 amide bonds. The van der Waals surface area contributed by atoms with E-state index in [1.807, 2.05) is 6.07 Å². The number of hydrogen-bond acceptors (Lipinski definition) is 6. The number of rotatable bonds is 8. The number of carbonyl (C=O) groups excluding carboxylic acids is 4. The number of nitrogens with zero attached hydrogens (tertiary/aromatic N) is 1. The van der Waals surface area contributed by atoms with Gasteiger partial charge in [0.05, 0.1) is 16.8 Å². The molecule has 0 unspecified atom stereocenters. The molecule has 0 spiro atoms. The van der Waals surface area contributed by atoms with Gasteiger partial charge in [-0.25, -0.2) is 9.69 Å². The summed E-state index contributed by atoms with van der Waals surface area (Å²) in [6.07, 6.45) is 1.37. The number of aryl methyl sites for hydroxylation is 1. The van der Waals surface area contributed by atoms with E-state index in [9.17, 15) is 19.2 Å². The van der Waals surface area contributed by atoms with Crippen LogP contribution < -0.4 is 25.0 Å². The van der Waals surface area contributed by atoms with E-state index in [-0.39, 0.29) is 23.8 Å². The van der Waals surface area contributed by atoms with E-state index in [1.165, 1.54) is 6.08 Å². The summed E-state index contributed by atoms with van der Waals surface area (Å²) in [4.78, 5) is 51.7. The van der Waals surface area contributed by atoms with Gasteiger partial charge in [-0.05, 0) is 77.3 Å². The molecule has 0 radical (unpaired) electrons. The summed E-state index contributed by atoms with van der Waals surface area (Å²) < 4.78 is 11.9. The van der Waals surface area contributed by atoms with Crippen molar-refractivity contribution in [3.05, 3.63) is 87.9 Å². The van der Waals surface area contributed by atoms with Crippen LogP contribution in [0.1, 0.15) is 18.1 Å². The fourth-order valence-electron chi connectivity index (χ4n) is 3.79. The second-order valence-corrected chi connectivity index (χ2v) is 9.06. The van der Waals surface area contributed by atoms with Crippen LogP contribution in [-0.2, 0) is 14.4 Å². The second kappa shape index (κ2) is 11.7. The lowest BCUT2D eigenvalue weighted by Gasteiger charge is -2.27. The maximum absolute atomic E-state index is 13.3. The number of anilines is 2. The van der Waals surface area contributed by atoms with Crippen molar-refractivity contribution in [2.75, 3.05) is 23.4 Å². The number of imide groups is 2. The van der Waals surface area contributed by atoms with Gasteiger partial charge >= 0.3 is 6.03 Å². The third-order valence-electron chi connectivity index (χ3n) is 5.51. The highest BCUT2D eigenvalue weighted by Gasteiger charge is 2.37. The highest BCUT2D eigenvalue weighted by molar-refractivity contribution is 9.10. The predicted molar refractivity (Wildman–Crippen MR) is 146 cm³/mol. The average Bonchev–Trinajstić information content (AvgIpc) is 2.88. The standard InChI is InChI=1S/C28H24BrN3O6/c1-3-37-23-15-18(14-21(29)25(23)38-16-24(33)30-19-10-5-4-6-11-19)13-20-26(34)31-28(36)32(27(20)35)22-12-8-7-9-17(22)2/h4-15H,3,16H2,1-2H3,(H,30,33)(H,31,34,36)/b20-13+. The summed E-state index contributed by atoms with van der Waals surface area (Å²) in [6, 6.07) is 18.2. The van der Waals surface area contributed by atoms with Crippen molar-refractivity contribution in [2.45, 2.75) is 13.8 Å². The van der Waals surface area contributed by atoms with Crippen LogP contribution in [0.15, 0.2) is 76.8 Å². The van der Waals surface area contributed by atoms with Crippen LogP contribution in [0.2, 0.25) is 0 Å². The average molecular weight is 578 g/mol. The van der Waals surface area contributed by atoms with Crippen LogP contribution in [0, 0.1) is 6.92 Å². The Bertz CT molecular complexity index is 1440. The first kappa shape index (κ1) is 26.6. The minimum Gasteiger partial charge on any atom is -0.490 e. The molecule has 2 N–H and O–H groups in total. The molecule has 10 heteroatoms. The summed E-state index contributed by atoms with van der Waals surface area (Å²) in [5, 5.41) is 4.96. The Hall–Kier alpha value is -4.44. The Morgan fingerprint density at radius 2 is 1.74 bits per heavy atom. The molecule has 194 valence electrons. The zero-order chi connectivity index (χ0) is 27.2. The quantitative estimate of drug-likeness (QED) is 0.292. The molecule has 4 rings (SSSR count). The summed E-state index contributed by atoms with van der Waals surface area (Å²) >= 11 is 3.43. The molecular formula is C28H24BrN3O6. The van der Waals surface area contributed by atoms with E-state index >= 15 is 0 Å². The van der Waals surface area contributed by atoms with Gasteiger partial charge in [-0.3, -0.25) is 19.7 Å². The van der Waals surface area contributed by atoms with Crippen molar-refractivity contribution in [1.29, 1.82) is 0 Å². The first-order valence-electron chi connectivity index (χ1n) is 11.7. The van der Waals surface area contributed by atoms with E-state index in [2.05, 4.69) is 26.6 Å². The Morgan fingerprint density at radius 1 is 1.03 bits per heavy atom. The van der Waals surface area contributed by atoms with Gasteiger partial charge in [-0.2, -0.15) is 0 Å². The van der Waals surface area contributed by atoms with Crippen molar-refractivity contribution in [1.82, 2.24) is 5.32 Å². The zero-order valence-electron chi connectivity index (χ0n) is 20.6. The van der Waals surface area contributed by atoms with Gasteiger partial charge in [0.15, 0.2) is 18.1 Å². The molecule has 1 saturated heterocycles. The maximum atomic E-state index is 13.3. The molecule has 0 aliphatic carbocycles. The van der Waals surface area contributed by atoms with Crippen molar-refractivity contribution in [3.8, 4) is 11.5 Å². The molecule has 0 saturated carbocycles. The summed E-state index contributed by atoms with van der Waals surface area (Å²) in [7, 11) is 0. The molecule has 1 aliphatic rings. The van der Waals surface area contributed by atoms with Crippen LogP contribution in [-0.4, -0.2) is 37.0 Å². The number of barbiturate groups is 1. The number of nitrogens with one attached hydrogen (secondary N) is 2. The van der Waals surface area contributed by atoms with Crippen LogP contribution >= 0.6 is 15.9 Å². The largest absolute Gasteiger partial charge is 0.490 e. The Labute approximate surface area is 227 Å². The second-order valence-electron chi connectivity index (χ2n) is 8.21. The number of para-hydroxylation sites is 2. The van der Waals surface area contributed by atoms with Crippen molar-refractivity contribution < 1.29 is 28.7 Å². The molecular weight excluding hydrogens is 554 g/mol. The van der Waals surface area contributed by atoms with Crippen LogP contribution in [0.5, 0.6) is 11.5 Å². The molecule has 0 bridgehead atoms. The molecule has 1 heterocycles. The minimum atomic E-state index is -0.819. The van der Waals surface area contributed by atoms with E-state index in [0.717, 1.165) is 4.90 Å². The van der Waals surface area contributed by atoms with E-state index in [4.69, 9.17) is 9.47 Å². The van der Waals surface area contributed by atoms with Crippen molar-refractivity contribution in [2.24, 2.45) is 0 Å². The molecule has 3 aromatic rings. The third kappa shape index (κ3) is 5.92. The fourth-order valence-corrected chi connectivity index (χ4v) is 4.36. The molecule has 3 aromatic carbocycles. The normalized spacial score (nSPS) is 14.3. The Kier molecular flexibility index (Phi) is 8.22. The fraction of sp³-hybridized carbons (Fsp3) is 0.143. The number of urea groups is 1. The van der Waals surface area contributed by atoms with Crippen molar-refractivity contribution >= 4 is 57.1 Å². The zero-order valence-corrected chi connectivity index (χ0v) is 22.2. The Morgan fingerprint density at radius 3 is 2.45 bits per heavy atom. The maximum Gasteiger partial charge on any atom is 0.335 e. The minimum absolute atomic E-state index is 0.224. The third-order valence-corrected chi connectivity index (χ3v) is 6.09. The lowest BCUT2D eigenvalue weighted by atomic mass is 10.1. The molecule has 0 aromatic heterocycles. The summed E-state index contributed by atoms with van der Waals surface area (Å²) in [5.74, 6) is -1.33. The summed E-state index contributed by atoms with van der Waals surface area (Å²) in [6.45, 7) is 3.57. The van der Waals surface area contributed by atoms with Gasteiger partial charge < -0.3 is 14.8 Å². The van der Waals surface area contributed by atoms with E-state index in [0.29, 0.717) is 39.3 Å². The first-order chi connectivity index (χ1) is 18.3. The lowest BCUT2D eigenvalue weighted by Crippen LogP contribution is -2.54. The van der Waals surface area contributed by atoms with E-state index < -0.39 is 17.8 Å². The van der Waals surface area contributed by atoms with Gasteiger partial charge in [-0.15, -0.1) is 0 Å². The number of carbonyl (C=O) groups is 4. The number of amides is 5. The molecule has 9 nitrogen and oxygen atoms in total. The van der Waals surface area contributed by atoms with Crippen LogP contribution in [0.3, 0.4) is 0 Å². The Balaban J connectivity index is 1.60. The topological polar surface area (TPSA) is 114 Å². The number of halogens is 1. The monoisotopic (exact) mass is 577 g/mol. The predicted octanol–water partition coefficient (Wildman–Crippen LogP) is 4.84. The SMILES string of the molecule is CCOc1cc(/C=C2\C(=O)NC(=O)N(c3ccccc3C)C2=O)cc(Br)c1OCC(=O)Nc1ccccc1. The highest BCUT2D eigenvalue weighted by Crippen LogP contribution is 2.38. The van der Waals surface area contributed by atoms with Crippen molar-refractivity contribution in [3.63, 3.8) is 0 Å². The van der Waals surface area contributed by atoms with Gasteiger partial charge in [0, 0.05) is 5.69 Å². The van der Waals surface area contributed by atoms with Gasteiger partial charge in [0.25, 0.3) is 17.7 Å². The number of ether oxygens (including phenoxy) is 2. The van der Waals surface area contributed by atoms with Gasteiger partial charge in [-0.1, -0.05) is 36.4 Å². The molecule has 1 fully saturated rings. The van der Waals surface area contributed by atoms with Crippen LogP contribution in [0.4, 0.5) is 16.2 Å². The highest BCUT2D eigenvalue weighted by atomic mass is 79.9. The number of hydrogen-bond donors (Lipinski definition) is 2. The molecule has 38 heavy (non-hydrogen) atoms. The summed E-state index contributed by atoms with van der Waals surface area (Å²) in [5.41, 5.74) is 1.93. The van der Waals surface area contributed by atoms with Crippen LogP contribution in [0.25, 0.3) is 6.08 Å². The molecule has 1 aliphatic heterocycles. The lowest BCUT2D eigenvalue weighted by molar-refractivity contribution is -0.122. The smallest absolute Gasteiger partial charge is 0.335 e. The van der Waals surface area contributed by atoms with E-state index in [1.54, 1.807) is 74.5 Å². The number of benzene rings is 3.